The first-order valence-corrected chi connectivity index (χ1v) is 11.5. The molecule has 0 unspecified atom stereocenters. The van der Waals surface area contributed by atoms with E-state index in [2.05, 4.69) is 0 Å². The lowest BCUT2D eigenvalue weighted by Crippen LogP contribution is -2.40. The maximum atomic E-state index is 12.6. The van der Waals surface area contributed by atoms with Crippen LogP contribution in [0.2, 0.25) is 0 Å². The Hall–Kier alpha value is -2.75. The number of rotatable bonds is 9. The van der Waals surface area contributed by atoms with E-state index >= 15 is 0 Å². The number of nitrogens with zero attached hydrogens (tertiary/aromatic N) is 1. The summed E-state index contributed by atoms with van der Waals surface area (Å²) in [4.78, 5) is 23.9. The van der Waals surface area contributed by atoms with Gasteiger partial charge in [-0.25, -0.2) is 13.2 Å². The molecule has 8 nitrogen and oxygen atoms in total. The van der Waals surface area contributed by atoms with Crippen molar-refractivity contribution in [2.45, 2.75) is 17.7 Å². The number of carbonyl (C=O) groups excluding carboxylic acids is 2. The second kappa shape index (κ2) is 11.0. The largest absolute Gasteiger partial charge is 0.462 e. The molecule has 0 saturated carbocycles. The fourth-order valence-corrected chi connectivity index (χ4v) is 4.44. The molecule has 0 amide bonds. The fourth-order valence-electron chi connectivity index (χ4n) is 3.03. The number of esters is 2. The standard InChI is InChI=1S/C22H25NO7S/c24-21(29-16-17-30-22(25)19-4-2-1-3-5-19)11-8-18-6-9-20(10-7-18)31(26,27)23-12-14-28-15-13-23/h1-7,9-10H,8,11-17H2. The summed E-state index contributed by atoms with van der Waals surface area (Å²) in [6, 6.07) is 15.1. The smallest absolute Gasteiger partial charge is 0.338 e. The minimum absolute atomic E-state index is 0.0197. The van der Waals surface area contributed by atoms with Crippen LogP contribution < -0.4 is 0 Å². The molecular formula is C22H25NO7S. The van der Waals surface area contributed by atoms with Crippen LogP contribution in [0.5, 0.6) is 0 Å². The highest BCUT2D eigenvalue weighted by molar-refractivity contribution is 7.89. The lowest BCUT2D eigenvalue weighted by molar-refractivity contribution is -0.144. The van der Waals surface area contributed by atoms with Crippen molar-refractivity contribution in [1.82, 2.24) is 4.31 Å². The molecule has 1 heterocycles. The van der Waals surface area contributed by atoms with Crippen LogP contribution in [0.1, 0.15) is 22.3 Å². The van der Waals surface area contributed by atoms with Crippen molar-refractivity contribution in [3.63, 3.8) is 0 Å². The highest BCUT2D eigenvalue weighted by Gasteiger charge is 2.26. The van der Waals surface area contributed by atoms with Crippen molar-refractivity contribution in [3.05, 3.63) is 65.7 Å². The Balaban J connectivity index is 1.38. The maximum absolute atomic E-state index is 12.6. The Morgan fingerprint density at radius 3 is 2.23 bits per heavy atom. The van der Waals surface area contributed by atoms with Crippen molar-refractivity contribution in [2.24, 2.45) is 0 Å². The second-order valence-electron chi connectivity index (χ2n) is 6.88. The molecule has 0 aromatic heterocycles. The molecule has 0 radical (unpaired) electrons. The van der Waals surface area contributed by atoms with Gasteiger partial charge in [0.2, 0.25) is 10.0 Å². The summed E-state index contributed by atoms with van der Waals surface area (Å²) in [7, 11) is -3.53. The first-order valence-electron chi connectivity index (χ1n) is 10.0. The normalized spacial score (nSPS) is 14.7. The third-order valence-electron chi connectivity index (χ3n) is 4.74. The third-order valence-corrected chi connectivity index (χ3v) is 6.65. The molecule has 1 aliphatic heterocycles. The topological polar surface area (TPSA) is 99.2 Å². The quantitative estimate of drug-likeness (QED) is 0.428. The van der Waals surface area contributed by atoms with Crippen molar-refractivity contribution in [1.29, 1.82) is 0 Å². The van der Waals surface area contributed by atoms with Crippen molar-refractivity contribution in [2.75, 3.05) is 39.5 Å². The Kier molecular flexibility index (Phi) is 8.16. The van der Waals surface area contributed by atoms with Gasteiger partial charge in [-0.1, -0.05) is 30.3 Å². The van der Waals surface area contributed by atoms with E-state index < -0.39 is 22.0 Å². The van der Waals surface area contributed by atoms with Gasteiger partial charge in [0.15, 0.2) is 0 Å². The minimum Gasteiger partial charge on any atom is -0.462 e. The molecule has 2 aromatic rings. The SMILES string of the molecule is O=C(CCc1ccc(S(=O)(=O)N2CCOCC2)cc1)OCCOC(=O)c1ccccc1. The van der Waals surface area contributed by atoms with Gasteiger partial charge in [-0.05, 0) is 36.2 Å². The summed E-state index contributed by atoms with van der Waals surface area (Å²) in [6.07, 6.45) is 0.558. The third kappa shape index (κ3) is 6.61. The molecule has 1 fully saturated rings. The van der Waals surface area contributed by atoms with E-state index in [1.807, 2.05) is 0 Å². The minimum atomic E-state index is -3.53. The van der Waals surface area contributed by atoms with Crippen LogP contribution >= 0.6 is 0 Å². The molecule has 1 aliphatic rings. The number of hydrogen-bond acceptors (Lipinski definition) is 7. The van der Waals surface area contributed by atoms with Gasteiger partial charge in [0.1, 0.15) is 13.2 Å². The highest BCUT2D eigenvalue weighted by Crippen LogP contribution is 2.18. The number of benzene rings is 2. The summed E-state index contributed by atoms with van der Waals surface area (Å²) in [5.74, 6) is -0.885. The van der Waals surface area contributed by atoms with E-state index in [9.17, 15) is 18.0 Å². The molecule has 31 heavy (non-hydrogen) atoms. The summed E-state index contributed by atoms with van der Waals surface area (Å²) < 4.78 is 42.0. The zero-order valence-corrected chi connectivity index (χ0v) is 17.9. The van der Waals surface area contributed by atoms with Crippen LogP contribution in [0.15, 0.2) is 59.5 Å². The van der Waals surface area contributed by atoms with Gasteiger partial charge in [0.05, 0.1) is 23.7 Å². The van der Waals surface area contributed by atoms with Gasteiger partial charge in [0, 0.05) is 19.5 Å². The van der Waals surface area contributed by atoms with E-state index in [1.54, 1.807) is 54.6 Å². The van der Waals surface area contributed by atoms with Crippen LogP contribution in [0.25, 0.3) is 0 Å². The number of ether oxygens (including phenoxy) is 3. The molecule has 1 saturated heterocycles. The van der Waals surface area contributed by atoms with Gasteiger partial charge in [-0.2, -0.15) is 4.31 Å². The first kappa shape index (κ1) is 22.9. The van der Waals surface area contributed by atoms with Crippen LogP contribution in [-0.2, 0) is 35.4 Å². The van der Waals surface area contributed by atoms with E-state index in [1.165, 1.54) is 4.31 Å². The average Bonchev–Trinajstić information content (AvgIpc) is 2.81. The van der Waals surface area contributed by atoms with Crippen LogP contribution in [0.4, 0.5) is 0 Å². The molecule has 2 aromatic carbocycles. The lowest BCUT2D eigenvalue weighted by Gasteiger charge is -2.26. The zero-order chi connectivity index (χ0) is 22.1. The Labute approximate surface area is 181 Å². The van der Waals surface area contributed by atoms with E-state index in [-0.39, 0.29) is 24.5 Å². The summed E-state index contributed by atoms with van der Waals surface area (Å²) in [6.45, 7) is 1.44. The maximum Gasteiger partial charge on any atom is 0.338 e. The first-order chi connectivity index (χ1) is 15.0. The Morgan fingerprint density at radius 2 is 1.55 bits per heavy atom. The van der Waals surface area contributed by atoms with Crippen molar-refractivity contribution < 1.29 is 32.2 Å². The monoisotopic (exact) mass is 447 g/mol. The van der Waals surface area contributed by atoms with Gasteiger partial charge < -0.3 is 14.2 Å². The Morgan fingerprint density at radius 1 is 0.903 bits per heavy atom. The zero-order valence-electron chi connectivity index (χ0n) is 17.1. The predicted octanol–water partition coefficient (Wildman–Crippen LogP) is 2.04. The van der Waals surface area contributed by atoms with E-state index in [0.29, 0.717) is 38.3 Å². The number of sulfonamides is 1. The summed E-state index contributed by atoms with van der Waals surface area (Å²) >= 11 is 0. The molecule has 0 aliphatic carbocycles. The summed E-state index contributed by atoms with van der Waals surface area (Å²) in [5.41, 5.74) is 1.27. The molecule has 0 atom stereocenters. The Bertz CT molecular complexity index is 969. The molecule has 0 spiro atoms. The number of hydrogen-bond donors (Lipinski definition) is 0. The second-order valence-corrected chi connectivity index (χ2v) is 8.82. The van der Waals surface area contributed by atoms with Gasteiger partial charge in [0.25, 0.3) is 0 Å². The lowest BCUT2D eigenvalue weighted by atomic mass is 10.1. The molecule has 3 rings (SSSR count). The van der Waals surface area contributed by atoms with Crippen LogP contribution in [-0.4, -0.2) is 64.2 Å². The van der Waals surface area contributed by atoms with Gasteiger partial charge in [-0.3, -0.25) is 4.79 Å². The van der Waals surface area contributed by atoms with E-state index in [0.717, 1.165) is 5.56 Å². The van der Waals surface area contributed by atoms with E-state index in [4.69, 9.17) is 14.2 Å². The molecular weight excluding hydrogens is 422 g/mol. The van der Waals surface area contributed by atoms with Crippen LogP contribution in [0, 0.1) is 0 Å². The summed E-state index contributed by atoms with van der Waals surface area (Å²) in [5, 5.41) is 0. The number of aryl methyl sites for hydroxylation is 1. The predicted molar refractivity (Wildman–Crippen MR) is 112 cm³/mol. The molecule has 9 heteroatoms. The molecule has 0 bridgehead atoms. The molecule has 0 N–H and O–H groups in total. The van der Waals surface area contributed by atoms with Crippen molar-refractivity contribution in [3.8, 4) is 0 Å². The number of morpholine rings is 1. The molecule has 166 valence electrons. The van der Waals surface area contributed by atoms with Crippen molar-refractivity contribution >= 4 is 22.0 Å². The highest BCUT2D eigenvalue weighted by atomic mass is 32.2. The number of carbonyl (C=O) groups is 2. The average molecular weight is 448 g/mol. The van der Waals surface area contributed by atoms with Crippen LogP contribution in [0.3, 0.4) is 0 Å². The van der Waals surface area contributed by atoms with Gasteiger partial charge in [-0.15, -0.1) is 0 Å². The van der Waals surface area contributed by atoms with Gasteiger partial charge >= 0.3 is 11.9 Å². The fraction of sp³-hybridized carbons (Fsp3) is 0.364.